The number of hydrogen-bond acceptors (Lipinski definition) is 5. The highest BCUT2D eigenvalue weighted by Crippen LogP contribution is 2.24. The van der Waals surface area contributed by atoms with Crippen molar-refractivity contribution in [1.29, 1.82) is 0 Å². The van der Waals surface area contributed by atoms with E-state index in [1.54, 1.807) is 0 Å². The lowest BCUT2D eigenvalue weighted by atomic mass is 10.1. The second-order valence-corrected chi connectivity index (χ2v) is 4.56. The van der Waals surface area contributed by atoms with Crippen molar-refractivity contribution < 1.29 is 24.4 Å². The minimum absolute atomic E-state index is 0.0236. The molecule has 1 rings (SSSR count). The van der Waals surface area contributed by atoms with Crippen LogP contribution in [0.15, 0.2) is 18.2 Å². The molecule has 0 atom stereocenters. The van der Waals surface area contributed by atoms with Crippen LogP contribution in [0.2, 0.25) is 0 Å². The average Bonchev–Trinajstić information content (AvgIpc) is 2.37. The Morgan fingerprint density at radius 1 is 1.43 bits per heavy atom. The molecule has 8 heteroatoms. The summed E-state index contributed by atoms with van der Waals surface area (Å²) < 4.78 is 5.24. The molecule has 0 radical (unpaired) electrons. The Morgan fingerprint density at radius 2 is 2.10 bits per heavy atom. The number of rotatable bonds is 7. The van der Waals surface area contributed by atoms with E-state index in [9.17, 15) is 19.7 Å². The number of carbonyl (C=O) groups is 2. The molecule has 0 unspecified atom stereocenters. The molecule has 0 spiro atoms. The third-order valence-corrected chi connectivity index (χ3v) is 2.44. The van der Waals surface area contributed by atoms with Crippen molar-refractivity contribution >= 4 is 17.6 Å². The van der Waals surface area contributed by atoms with Crippen LogP contribution >= 0.6 is 0 Å². The van der Waals surface area contributed by atoms with Gasteiger partial charge in [-0.2, -0.15) is 0 Å². The molecule has 2 N–H and O–H groups in total. The highest BCUT2D eigenvalue weighted by molar-refractivity contribution is 5.92. The largest absolute Gasteiger partial charge is 0.493 e. The zero-order chi connectivity index (χ0) is 16.0. The zero-order valence-corrected chi connectivity index (χ0v) is 11.7. The number of carboxylic acids is 1. The number of nitrogens with zero attached hydrogens (tertiary/aromatic N) is 1. The lowest BCUT2D eigenvalue weighted by molar-refractivity contribution is -0.385. The lowest BCUT2D eigenvalue weighted by Gasteiger charge is -2.09. The van der Waals surface area contributed by atoms with Gasteiger partial charge < -0.3 is 15.2 Å². The number of hydrogen-bond donors (Lipinski definition) is 2. The van der Waals surface area contributed by atoms with Crippen molar-refractivity contribution in [1.82, 2.24) is 5.32 Å². The first-order valence-corrected chi connectivity index (χ1v) is 6.25. The van der Waals surface area contributed by atoms with Gasteiger partial charge in [0.25, 0.3) is 5.69 Å². The van der Waals surface area contributed by atoms with E-state index in [0.29, 0.717) is 0 Å². The van der Waals surface area contributed by atoms with Crippen LogP contribution in [0, 0.1) is 10.1 Å². The maximum atomic E-state index is 11.4. The van der Waals surface area contributed by atoms with Gasteiger partial charge in [0.1, 0.15) is 11.3 Å². The van der Waals surface area contributed by atoms with Gasteiger partial charge in [-0.15, -0.1) is 0 Å². The summed E-state index contributed by atoms with van der Waals surface area (Å²) in [5.74, 6) is -1.44. The Balaban J connectivity index is 2.69. The number of nitrogens with one attached hydrogen (secondary N) is 1. The molecule has 1 aromatic carbocycles. The molecule has 8 nitrogen and oxygen atoms in total. The number of nitro benzene ring substituents is 1. The first kappa shape index (κ1) is 16.4. The Hall–Kier alpha value is -2.64. The van der Waals surface area contributed by atoms with Crippen LogP contribution < -0.4 is 10.1 Å². The van der Waals surface area contributed by atoms with Crippen molar-refractivity contribution in [2.45, 2.75) is 26.3 Å². The molecule has 0 aliphatic carbocycles. The summed E-state index contributed by atoms with van der Waals surface area (Å²) in [6.07, 6.45) is 0.109. The SMILES string of the molecule is CC(C)NC(=O)CCOc1ccc([N+](=O)[O-])c(C(=O)O)c1. The van der Waals surface area contributed by atoms with Crippen molar-refractivity contribution in [3.8, 4) is 5.75 Å². The fraction of sp³-hybridized carbons (Fsp3) is 0.385. The van der Waals surface area contributed by atoms with Crippen molar-refractivity contribution in [3.63, 3.8) is 0 Å². The van der Waals surface area contributed by atoms with E-state index in [4.69, 9.17) is 9.84 Å². The van der Waals surface area contributed by atoms with Gasteiger partial charge in [-0.25, -0.2) is 4.79 Å². The van der Waals surface area contributed by atoms with Crippen LogP contribution in [0.3, 0.4) is 0 Å². The summed E-state index contributed by atoms with van der Waals surface area (Å²) in [6, 6.07) is 3.45. The highest BCUT2D eigenvalue weighted by atomic mass is 16.6. The number of benzene rings is 1. The van der Waals surface area contributed by atoms with Crippen molar-refractivity contribution in [2.75, 3.05) is 6.61 Å². The molecule has 0 aliphatic heterocycles. The average molecular weight is 296 g/mol. The summed E-state index contributed by atoms with van der Waals surface area (Å²) in [7, 11) is 0. The van der Waals surface area contributed by atoms with Gasteiger partial charge in [0.2, 0.25) is 5.91 Å². The minimum atomic E-state index is -1.41. The number of aromatic carboxylic acids is 1. The van der Waals surface area contributed by atoms with E-state index in [1.165, 1.54) is 6.07 Å². The maximum Gasteiger partial charge on any atom is 0.342 e. The number of amides is 1. The molecule has 0 aromatic heterocycles. The van der Waals surface area contributed by atoms with E-state index in [1.807, 2.05) is 13.8 Å². The number of carbonyl (C=O) groups excluding carboxylic acids is 1. The number of carboxylic acid groups (broad SMARTS) is 1. The smallest absolute Gasteiger partial charge is 0.342 e. The summed E-state index contributed by atoms with van der Waals surface area (Å²) in [5, 5.41) is 22.3. The zero-order valence-electron chi connectivity index (χ0n) is 11.7. The van der Waals surface area contributed by atoms with Gasteiger partial charge in [0, 0.05) is 18.2 Å². The predicted molar refractivity (Wildman–Crippen MR) is 73.4 cm³/mol. The molecule has 0 bridgehead atoms. The van der Waals surface area contributed by atoms with Gasteiger partial charge in [-0.3, -0.25) is 14.9 Å². The Morgan fingerprint density at radius 3 is 2.62 bits per heavy atom. The molecule has 0 aliphatic rings. The standard InChI is InChI=1S/C13H16N2O6/c1-8(2)14-12(16)5-6-21-9-3-4-11(15(19)20)10(7-9)13(17)18/h3-4,7-8H,5-6H2,1-2H3,(H,14,16)(H,17,18). The summed E-state index contributed by atoms with van der Waals surface area (Å²) in [4.78, 5) is 32.3. The maximum absolute atomic E-state index is 11.4. The first-order valence-electron chi connectivity index (χ1n) is 6.25. The Bertz CT molecular complexity index is 556. The van der Waals surface area contributed by atoms with Gasteiger partial charge in [-0.05, 0) is 19.9 Å². The summed E-state index contributed by atoms with van der Waals surface area (Å²) >= 11 is 0. The van der Waals surface area contributed by atoms with E-state index < -0.39 is 22.1 Å². The molecule has 0 saturated heterocycles. The van der Waals surface area contributed by atoms with Gasteiger partial charge in [-0.1, -0.05) is 0 Å². The van der Waals surface area contributed by atoms with Crippen molar-refractivity contribution in [2.24, 2.45) is 0 Å². The minimum Gasteiger partial charge on any atom is -0.493 e. The van der Waals surface area contributed by atoms with Gasteiger partial charge >= 0.3 is 5.97 Å². The molecule has 1 aromatic rings. The van der Waals surface area contributed by atoms with Crippen LogP contribution in [0.5, 0.6) is 5.75 Å². The normalized spacial score (nSPS) is 10.2. The van der Waals surface area contributed by atoms with Gasteiger partial charge in [0.15, 0.2) is 0 Å². The molecule has 0 fully saturated rings. The molecule has 0 heterocycles. The van der Waals surface area contributed by atoms with Crippen molar-refractivity contribution in [3.05, 3.63) is 33.9 Å². The lowest BCUT2D eigenvalue weighted by Crippen LogP contribution is -2.31. The van der Waals surface area contributed by atoms with Crippen LogP contribution in [0.25, 0.3) is 0 Å². The Labute approximate surface area is 120 Å². The fourth-order valence-corrected chi connectivity index (χ4v) is 1.59. The Kier molecular flexibility index (Phi) is 5.65. The fourth-order valence-electron chi connectivity index (χ4n) is 1.59. The van der Waals surface area contributed by atoms with Crippen LogP contribution in [0.4, 0.5) is 5.69 Å². The van der Waals surface area contributed by atoms with E-state index in [2.05, 4.69) is 5.32 Å². The second-order valence-electron chi connectivity index (χ2n) is 4.56. The van der Waals surface area contributed by atoms with E-state index in [0.717, 1.165) is 12.1 Å². The third kappa shape index (κ3) is 5.09. The number of nitro groups is 1. The third-order valence-electron chi connectivity index (χ3n) is 2.44. The van der Waals surface area contributed by atoms with E-state index >= 15 is 0 Å². The molecule has 21 heavy (non-hydrogen) atoms. The molecular weight excluding hydrogens is 280 g/mol. The first-order chi connectivity index (χ1) is 9.81. The van der Waals surface area contributed by atoms with E-state index in [-0.39, 0.29) is 30.7 Å². The topological polar surface area (TPSA) is 119 Å². The van der Waals surface area contributed by atoms with Crippen LogP contribution in [-0.4, -0.2) is 34.6 Å². The number of ether oxygens (including phenoxy) is 1. The predicted octanol–water partition coefficient (Wildman–Crippen LogP) is 1.59. The molecule has 0 saturated carbocycles. The monoisotopic (exact) mass is 296 g/mol. The van der Waals surface area contributed by atoms with Crippen LogP contribution in [-0.2, 0) is 4.79 Å². The molecular formula is C13H16N2O6. The van der Waals surface area contributed by atoms with Gasteiger partial charge in [0.05, 0.1) is 18.0 Å². The second kappa shape index (κ2) is 7.22. The van der Waals surface area contributed by atoms with Crippen LogP contribution in [0.1, 0.15) is 30.6 Å². The highest BCUT2D eigenvalue weighted by Gasteiger charge is 2.20. The summed E-state index contributed by atoms with van der Waals surface area (Å²) in [6.45, 7) is 3.71. The summed E-state index contributed by atoms with van der Waals surface area (Å²) in [5.41, 5.74) is -0.962. The quantitative estimate of drug-likeness (QED) is 0.582. The molecule has 114 valence electrons. The molecule has 1 amide bonds.